The third-order valence-electron chi connectivity index (χ3n) is 4.78. The molecule has 0 aliphatic heterocycles. The van der Waals surface area contributed by atoms with Gasteiger partial charge in [-0.25, -0.2) is 4.79 Å². The number of amides is 2. The zero-order chi connectivity index (χ0) is 18.5. The van der Waals surface area contributed by atoms with Crippen LogP contribution in [0.25, 0.3) is 0 Å². The van der Waals surface area contributed by atoms with Crippen molar-refractivity contribution in [1.29, 1.82) is 0 Å². The number of carbonyl (C=O) groups excluding carboxylic acids is 1. The molecular weight excluding hydrogens is 330 g/mol. The molecule has 3 rings (SSSR count). The van der Waals surface area contributed by atoms with Crippen LogP contribution in [0.15, 0.2) is 30.5 Å². The normalized spacial score (nSPS) is 19.8. The lowest BCUT2D eigenvalue weighted by Gasteiger charge is -2.34. The van der Waals surface area contributed by atoms with Gasteiger partial charge < -0.3 is 15.0 Å². The smallest absolute Gasteiger partial charge is 0.317 e. The van der Waals surface area contributed by atoms with Crippen molar-refractivity contribution in [2.45, 2.75) is 51.3 Å². The van der Waals surface area contributed by atoms with Crippen LogP contribution >= 0.6 is 0 Å². The number of nitrogens with one attached hydrogen (secondary N) is 1. The molecule has 0 radical (unpaired) electrons. The summed E-state index contributed by atoms with van der Waals surface area (Å²) in [5.74, 6) is 0.895. The van der Waals surface area contributed by atoms with E-state index in [-0.39, 0.29) is 18.2 Å². The molecule has 1 saturated carbocycles. The Morgan fingerprint density at radius 1 is 1.35 bits per heavy atom. The first kappa shape index (κ1) is 18.2. The molecule has 1 aromatic carbocycles. The van der Waals surface area contributed by atoms with Gasteiger partial charge in [-0.05, 0) is 37.8 Å². The minimum Gasteiger partial charge on any atom is -0.488 e. The summed E-state index contributed by atoms with van der Waals surface area (Å²) < 4.78 is 7.88. The molecule has 0 spiro atoms. The van der Waals surface area contributed by atoms with Gasteiger partial charge in [0.25, 0.3) is 0 Å². The maximum absolute atomic E-state index is 12.6. The topological polar surface area (TPSA) is 72.3 Å². The number of aromatic nitrogens is 3. The van der Waals surface area contributed by atoms with Crippen LogP contribution in [0.2, 0.25) is 0 Å². The van der Waals surface area contributed by atoms with Crippen molar-refractivity contribution in [3.8, 4) is 5.75 Å². The van der Waals surface area contributed by atoms with E-state index in [4.69, 9.17) is 4.74 Å². The molecule has 2 atom stereocenters. The molecule has 140 valence electrons. The molecule has 0 bridgehead atoms. The van der Waals surface area contributed by atoms with Crippen LogP contribution < -0.4 is 10.1 Å². The molecule has 1 N–H and O–H groups in total. The molecule has 2 aromatic rings. The van der Waals surface area contributed by atoms with Crippen molar-refractivity contribution < 1.29 is 9.53 Å². The van der Waals surface area contributed by atoms with Crippen molar-refractivity contribution >= 4 is 6.03 Å². The minimum absolute atomic E-state index is 0.00119. The number of para-hydroxylation sites is 1. The zero-order valence-electron chi connectivity index (χ0n) is 15.7. The van der Waals surface area contributed by atoms with Gasteiger partial charge >= 0.3 is 6.03 Å². The molecule has 2 amide bonds. The highest BCUT2D eigenvalue weighted by atomic mass is 16.5. The maximum Gasteiger partial charge on any atom is 0.317 e. The highest BCUT2D eigenvalue weighted by Gasteiger charge is 2.29. The fraction of sp³-hybridized carbons (Fsp3) is 0.526. The van der Waals surface area contributed by atoms with Crippen LogP contribution in [0.1, 0.15) is 36.9 Å². The predicted molar refractivity (Wildman–Crippen MR) is 98.9 cm³/mol. The summed E-state index contributed by atoms with van der Waals surface area (Å²) in [7, 11) is 3.58. The molecule has 0 saturated heterocycles. The minimum atomic E-state index is -0.110. The number of urea groups is 1. The second-order valence-corrected chi connectivity index (χ2v) is 7.00. The fourth-order valence-electron chi connectivity index (χ4n) is 3.31. The van der Waals surface area contributed by atoms with Crippen molar-refractivity contribution in [2.24, 2.45) is 7.05 Å². The van der Waals surface area contributed by atoms with E-state index < -0.39 is 0 Å². The summed E-state index contributed by atoms with van der Waals surface area (Å²) in [6.45, 7) is 2.47. The number of benzene rings is 1. The second kappa shape index (κ2) is 8.21. The molecule has 1 heterocycles. The lowest BCUT2D eigenvalue weighted by molar-refractivity contribution is 0.111. The third kappa shape index (κ3) is 4.53. The number of rotatable bonds is 5. The summed E-state index contributed by atoms with van der Waals surface area (Å²) in [5.41, 5.74) is 1.88. The van der Waals surface area contributed by atoms with Gasteiger partial charge in [-0.3, -0.25) is 4.68 Å². The highest BCUT2D eigenvalue weighted by Crippen LogP contribution is 2.26. The molecule has 1 aromatic heterocycles. The molecule has 1 aliphatic rings. The monoisotopic (exact) mass is 357 g/mol. The van der Waals surface area contributed by atoms with Gasteiger partial charge in [0, 0.05) is 20.3 Å². The molecule has 7 heteroatoms. The third-order valence-corrected chi connectivity index (χ3v) is 4.78. The van der Waals surface area contributed by atoms with Crippen molar-refractivity contribution in [3.05, 3.63) is 41.7 Å². The first-order valence-corrected chi connectivity index (χ1v) is 9.12. The summed E-state index contributed by atoms with van der Waals surface area (Å²) in [5, 5.41) is 11.1. The quantitative estimate of drug-likeness (QED) is 0.893. The van der Waals surface area contributed by atoms with Crippen LogP contribution in [-0.2, 0) is 13.6 Å². The second-order valence-electron chi connectivity index (χ2n) is 7.00. The first-order valence-electron chi connectivity index (χ1n) is 9.12. The summed E-state index contributed by atoms with van der Waals surface area (Å²) >= 11 is 0. The van der Waals surface area contributed by atoms with Gasteiger partial charge in [-0.2, -0.15) is 0 Å². The van der Waals surface area contributed by atoms with E-state index >= 15 is 0 Å². The van der Waals surface area contributed by atoms with Gasteiger partial charge in [-0.15, -0.1) is 5.10 Å². The van der Waals surface area contributed by atoms with Gasteiger partial charge in [0.05, 0.1) is 12.6 Å². The van der Waals surface area contributed by atoms with Crippen molar-refractivity contribution in [3.63, 3.8) is 0 Å². The number of aryl methyl sites for hydroxylation is 2. The molecule has 26 heavy (non-hydrogen) atoms. The average molecular weight is 357 g/mol. The number of ether oxygens (including phenoxy) is 1. The Morgan fingerprint density at radius 3 is 2.85 bits per heavy atom. The highest BCUT2D eigenvalue weighted by molar-refractivity contribution is 5.74. The van der Waals surface area contributed by atoms with E-state index in [1.54, 1.807) is 16.6 Å². The Balaban J connectivity index is 1.60. The van der Waals surface area contributed by atoms with Gasteiger partial charge in [-0.1, -0.05) is 29.8 Å². The molecule has 1 fully saturated rings. The predicted octanol–water partition coefficient (Wildman–Crippen LogP) is 2.66. The molecule has 7 nitrogen and oxygen atoms in total. The Labute approximate surface area is 154 Å². The fourth-order valence-corrected chi connectivity index (χ4v) is 3.31. The summed E-state index contributed by atoms with van der Waals surface area (Å²) in [6, 6.07) is 7.92. The van der Waals surface area contributed by atoms with E-state index in [0.717, 1.165) is 42.7 Å². The summed E-state index contributed by atoms with van der Waals surface area (Å²) in [4.78, 5) is 14.2. The van der Waals surface area contributed by atoms with E-state index in [0.29, 0.717) is 6.54 Å². The van der Waals surface area contributed by atoms with Crippen LogP contribution in [0.4, 0.5) is 4.79 Å². The lowest BCUT2D eigenvalue weighted by atomic mass is 9.92. The van der Waals surface area contributed by atoms with E-state index in [2.05, 4.69) is 15.6 Å². The Bertz CT molecular complexity index is 745. The van der Waals surface area contributed by atoms with Crippen LogP contribution in [0.3, 0.4) is 0 Å². The Morgan fingerprint density at radius 2 is 2.12 bits per heavy atom. The van der Waals surface area contributed by atoms with Crippen LogP contribution in [-0.4, -0.2) is 45.1 Å². The first-order chi connectivity index (χ1) is 12.5. The number of nitrogens with zero attached hydrogens (tertiary/aromatic N) is 4. The van der Waals surface area contributed by atoms with E-state index in [1.807, 2.05) is 44.4 Å². The van der Waals surface area contributed by atoms with Gasteiger partial charge in [0.15, 0.2) is 0 Å². The molecular formula is C19H27N5O2. The van der Waals surface area contributed by atoms with Crippen molar-refractivity contribution in [2.75, 3.05) is 7.05 Å². The summed E-state index contributed by atoms with van der Waals surface area (Å²) in [6.07, 6.45) is 5.92. The Kier molecular flexibility index (Phi) is 5.75. The number of carbonyl (C=O) groups is 1. The van der Waals surface area contributed by atoms with Crippen LogP contribution in [0.5, 0.6) is 5.75 Å². The van der Waals surface area contributed by atoms with Gasteiger partial charge in [0.2, 0.25) is 0 Å². The van der Waals surface area contributed by atoms with Crippen LogP contribution in [0, 0.1) is 6.92 Å². The van der Waals surface area contributed by atoms with E-state index in [9.17, 15) is 4.79 Å². The molecule has 1 aliphatic carbocycles. The number of hydrogen-bond acceptors (Lipinski definition) is 4. The van der Waals surface area contributed by atoms with E-state index in [1.165, 1.54) is 0 Å². The largest absolute Gasteiger partial charge is 0.488 e. The average Bonchev–Trinajstić information content (AvgIpc) is 3.03. The van der Waals surface area contributed by atoms with Gasteiger partial charge in [0.1, 0.15) is 17.5 Å². The lowest BCUT2D eigenvalue weighted by Crippen LogP contribution is -2.51. The zero-order valence-corrected chi connectivity index (χ0v) is 15.7. The SMILES string of the molecule is Cc1ccccc1OC1CCCCC1NC(=O)N(C)Cc1cn(C)nn1. The standard InChI is InChI=1S/C19H27N5O2/c1-14-8-4-6-10-17(14)26-18-11-7-5-9-16(18)20-19(25)23(2)12-15-13-24(3)22-21-15/h4,6,8,10,13,16,18H,5,7,9,11-12H2,1-3H3,(H,20,25). The number of hydrogen-bond donors (Lipinski definition) is 1. The van der Waals surface area contributed by atoms with Crippen molar-refractivity contribution in [1.82, 2.24) is 25.2 Å². The molecule has 2 unspecified atom stereocenters. The maximum atomic E-state index is 12.6. The Hall–Kier alpha value is -2.57.